The Balaban J connectivity index is -0.000000125. The van der Waals surface area contributed by atoms with E-state index in [9.17, 15) is 4.53 Å². The maximum atomic E-state index is 10.2. The van der Waals surface area contributed by atoms with Crippen molar-refractivity contribution >= 4 is 29.3 Å². The number of hydrogen-bond acceptors (Lipinski definition) is 3. The second kappa shape index (κ2) is 6.04. The summed E-state index contributed by atoms with van der Waals surface area (Å²) in [6.45, 7) is 0. The molecule has 4 nitrogen and oxygen atoms in total. The molecule has 0 aliphatic carbocycles. The number of halogens is 1. The van der Waals surface area contributed by atoms with Crippen molar-refractivity contribution < 1.29 is 39.0 Å². The summed E-state index contributed by atoms with van der Waals surface area (Å²) in [5, 5.41) is 0. The standard InChI is InChI=1S/FHO4S.Fe.Li.H/c1-5-6(2,3)4;;;/h(H,2,3,4);;;. The minimum absolute atomic E-state index is 0. The van der Waals surface area contributed by atoms with E-state index in [1.165, 1.54) is 0 Å². The minimum atomic E-state index is -4.83. The van der Waals surface area contributed by atoms with Crippen molar-refractivity contribution in [1.82, 2.24) is 0 Å². The molecule has 0 aromatic heterocycles. The molecule has 0 bridgehead atoms. The van der Waals surface area contributed by atoms with Gasteiger partial charge in [0.2, 0.25) is 0 Å². The summed E-state index contributed by atoms with van der Waals surface area (Å²) < 4.78 is 37.2. The maximum absolute atomic E-state index is 10.2. The molecule has 8 heteroatoms. The topological polar surface area (TPSA) is 63.6 Å². The van der Waals surface area contributed by atoms with Crippen molar-refractivity contribution in [1.29, 1.82) is 0 Å². The third kappa shape index (κ3) is 15.8. The van der Waals surface area contributed by atoms with Crippen LogP contribution in [0.15, 0.2) is 0 Å². The Bertz CT molecular complexity index is 118. The van der Waals surface area contributed by atoms with Crippen LogP contribution in [0.5, 0.6) is 0 Å². The van der Waals surface area contributed by atoms with Gasteiger partial charge in [-0.1, -0.05) is 0 Å². The predicted molar refractivity (Wildman–Crippen MR) is 20.9 cm³/mol. The van der Waals surface area contributed by atoms with Crippen molar-refractivity contribution in [3.05, 3.63) is 0 Å². The summed E-state index contributed by atoms with van der Waals surface area (Å²) in [5.74, 6) is 0. The van der Waals surface area contributed by atoms with Gasteiger partial charge in [-0.3, -0.25) is 4.55 Å². The van der Waals surface area contributed by atoms with Gasteiger partial charge in [-0.25, -0.2) is 0 Å². The van der Waals surface area contributed by atoms with E-state index in [1.54, 1.807) is 0 Å². The van der Waals surface area contributed by atoms with Crippen LogP contribution in [0.4, 0.5) is 4.53 Å². The summed E-state index contributed by atoms with van der Waals surface area (Å²) in [6.07, 6.45) is 0. The summed E-state index contributed by atoms with van der Waals surface area (Å²) in [5.41, 5.74) is 0. The average Bonchev–Trinajstić information content (AvgIpc) is 1.35. The predicted octanol–water partition coefficient (Wildman–Crippen LogP) is -0.961. The third-order valence-electron chi connectivity index (χ3n) is 0.0796. The summed E-state index contributed by atoms with van der Waals surface area (Å²) in [4.78, 5) is 0. The van der Waals surface area contributed by atoms with Gasteiger partial charge in [0.1, 0.15) is 0 Å². The van der Waals surface area contributed by atoms with E-state index in [2.05, 4.69) is 0 Å². The molecule has 0 spiro atoms. The van der Waals surface area contributed by atoms with Gasteiger partial charge in [-0.05, 0) is 8.91 Å². The van der Waals surface area contributed by atoms with Crippen LogP contribution in [0.25, 0.3) is 0 Å². The van der Waals surface area contributed by atoms with Crippen molar-refractivity contribution in [2.45, 2.75) is 0 Å². The monoisotopic (exact) mass is 180 g/mol. The quantitative estimate of drug-likeness (QED) is 0.416. The van der Waals surface area contributed by atoms with Crippen LogP contribution in [-0.2, 0) is 31.9 Å². The Morgan fingerprint density at radius 1 is 1.50 bits per heavy atom. The molecule has 0 rings (SSSR count). The molecule has 0 fully saturated rings. The van der Waals surface area contributed by atoms with Crippen molar-refractivity contribution in [2.75, 3.05) is 0 Å². The van der Waals surface area contributed by atoms with E-state index in [0.717, 1.165) is 0 Å². The molecule has 8 heavy (non-hydrogen) atoms. The van der Waals surface area contributed by atoms with Gasteiger partial charge >= 0.3 is 29.3 Å². The first-order valence-electron chi connectivity index (χ1n) is 0.837. The first-order valence-corrected chi connectivity index (χ1v) is 2.20. The SMILES string of the molecule is O=S(=O)(O)OF.[Fe].[LiH]. The molecule has 0 amide bonds. The molecule has 0 saturated carbocycles. The Morgan fingerprint density at radius 3 is 1.62 bits per heavy atom. The van der Waals surface area contributed by atoms with Gasteiger partial charge < -0.3 is 0 Å². The second-order valence-electron chi connectivity index (χ2n) is 0.491. The zero-order valence-corrected chi connectivity index (χ0v) is 4.73. The van der Waals surface area contributed by atoms with E-state index in [1.807, 2.05) is 4.39 Å². The van der Waals surface area contributed by atoms with Crippen LogP contribution in [0.1, 0.15) is 0 Å². The van der Waals surface area contributed by atoms with Gasteiger partial charge in [0, 0.05) is 17.1 Å². The Labute approximate surface area is 68.3 Å². The number of rotatable bonds is 1. The first-order chi connectivity index (χ1) is 2.56. The molecule has 0 heterocycles. The molecule has 0 radical (unpaired) electrons. The summed E-state index contributed by atoms with van der Waals surface area (Å²) in [7, 11) is -4.83. The molecule has 0 unspecified atom stereocenters. The van der Waals surface area contributed by atoms with Gasteiger partial charge in [-0.2, -0.15) is 8.42 Å². The van der Waals surface area contributed by atoms with Crippen LogP contribution in [-0.4, -0.2) is 31.8 Å². The van der Waals surface area contributed by atoms with Crippen LogP contribution < -0.4 is 0 Å². The van der Waals surface area contributed by atoms with Crippen LogP contribution in [0, 0.1) is 0 Å². The fraction of sp³-hybridized carbons (Fsp3) is 0. The summed E-state index contributed by atoms with van der Waals surface area (Å²) in [6, 6.07) is 0. The molecule has 0 aliphatic heterocycles. The fourth-order valence-electron chi connectivity index (χ4n) is 0. The molecule has 0 aromatic rings. The van der Waals surface area contributed by atoms with Gasteiger partial charge in [0.25, 0.3) is 0 Å². The van der Waals surface area contributed by atoms with Gasteiger partial charge in [0.15, 0.2) is 0 Å². The second-order valence-corrected chi connectivity index (χ2v) is 1.47. The normalized spacial score (nSPS) is 8.75. The summed E-state index contributed by atoms with van der Waals surface area (Å²) >= 11 is 0. The molecular formula is H2FFeLiO4S. The molecule has 1 N–H and O–H groups in total. The zero-order valence-electron chi connectivity index (χ0n) is 2.81. The van der Waals surface area contributed by atoms with E-state index < -0.39 is 10.4 Å². The van der Waals surface area contributed by atoms with Gasteiger partial charge in [0.05, 0.1) is 0 Å². The Kier molecular flexibility index (Phi) is 12.1. The fourth-order valence-corrected chi connectivity index (χ4v) is 0. The molecule has 0 atom stereocenters. The molecule has 48 valence electrons. The third-order valence-corrected chi connectivity index (χ3v) is 0.239. The van der Waals surface area contributed by atoms with Crippen LogP contribution in [0.2, 0.25) is 0 Å². The van der Waals surface area contributed by atoms with Gasteiger partial charge in [-0.15, -0.1) is 0 Å². The van der Waals surface area contributed by atoms with E-state index in [0.29, 0.717) is 0 Å². The van der Waals surface area contributed by atoms with E-state index in [-0.39, 0.29) is 35.9 Å². The first kappa shape index (κ1) is 16.0. The average molecular weight is 180 g/mol. The Hall–Kier alpha value is 0.917. The van der Waals surface area contributed by atoms with Crippen molar-refractivity contribution in [3.63, 3.8) is 0 Å². The van der Waals surface area contributed by atoms with Crippen LogP contribution in [0.3, 0.4) is 0 Å². The molecule has 0 saturated heterocycles. The van der Waals surface area contributed by atoms with Crippen molar-refractivity contribution in [3.8, 4) is 0 Å². The van der Waals surface area contributed by atoms with E-state index in [4.69, 9.17) is 13.0 Å². The molecular weight excluding hydrogens is 178 g/mol. The number of hydrogen-bond donors (Lipinski definition) is 1. The Morgan fingerprint density at radius 2 is 1.62 bits per heavy atom. The van der Waals surface area contributed by atoms with Crippen molar-refractivity contribution in [2.24, 2.45) is 0 Å². The molecule has 0 aromatic carbocycles. The zero-order chi connectivity index (χ0) is 5.21. The van der Waals surface area contributed by atoms with Crippen LogP contribution >= 0.6 is 0 Å². The van der Waals surface area contributed by atoms with E-state index >= 15 is 0 Å². The molecule has 0 aliphatic rings.